The molecule has 0 aromatic rings. The van der Waals surface area contributed by atoms with Crippen LogP contribution in [0, 0.1) is 0 Å². The third kappa shape index (κ3) is 4.32. The fourth-order valence-electron chi connectivity index (χ4n) is 3.79. The predicted octanol–water partition coefficient (Wildman–Crippen LogP) is 0.969. The zero-order valence-corrected chi connectivity index (χ0v) is 14.6. The van der Waals surface area contributed by atoms with E-state index in [1.54, 1.807) is 0 Å². The number of thioether (sulfide) groups is 1. The molecule has 0 radical (unpaired) electrons. The summed E-state index contributed by atoms with van der Waals surface area (Å²) < 4.78 is 0. The maximum Gasteiger partial charge on any atom is 0.315 e. The summed E-state index contributed by atoms with van der Waals surface area (Å²) in [6.07, 6.45) is 5.87. The molecule has 0 spiro atoms. The maximum atomic E-state index is 12.1. The van der Waals surface area contributed by atoms with Crippen LogP contribution in [0.1, 0.15) is 45.4 Å². The number of urea groups is 1. The summed E-state index contributed by atoms with van der Waals surface area (Å²) in [5.74, 6) is 1.18. The van der Waals surface area contributed by atoms with Gasteiger partial charge in [0, 0.05) is 29.5 Å². The lowest BCUT2D eigenvalue weighted by Crippen LogP contribution is -2.51. The van der Waals surface area contributed by atoms with Gasteiger partial charge < -0.3 is 21.3 Å². The molecule has 3 saturated heterocycles. The zero-order valence-electron chi connectivity index (χ0n) is 13.8. The minimum Gasteiger partial charge on any atom is -0.352 e. The van der Waals surface area contributed by atoms with Crippen molar-refractivity contribution in [2.45, 2.75) is 74.9 Å². The molecular weight excluding hydrogens is 312 g/mol. The van der Waals surface area contributed by atoms with Crippen molar-refractivity contribution < 1.29 is 9.59 Å². The Morgan fingerprint density at radius 2 is 2.22 bits per heavy atom. The second-order valence-electron chi connectivity index (χ2n) is 6.93. The average molecular weight is 340 g/mol. The molecule has 3 amide bonds. The van der Waals surface area contributed by atoms with E-state index in [0.29, 0.717) is 23.8 Å². The highest BCUT2D eigenvalue weighted by molar-refractivity contribution is 8.00. The second-order valence-corrected chi connectivity index (χ2v) is 8.20. The van der Waals surface area contributed by atoms with E-state index in [2.05, 4.69) is 28.2 Å². The molecule has 5 atom stereocenters. The van der Waals surface area contributed by atoms with E-state index >= 15 is 0 Å². The summed E-state index contributed by atoms with van der Waals surface area (Å²) in [4.78, 5) is 23.4. The molecule has 0 aliphatic carbocycles. The summed E-state index contributed by atoms with van der Waals surface area (Å²) >= 11 is 1.94. The lowest BCUT2D eigenvalue weighted by Gasteiger charge is -2.30. The molecule has 3 aliphatic heterocycles. The largest absolute Gasteiger partial charge is 0.352 e. The van der Waals surface area contributed by atoms with Gasteiger partial charge in [-0.2, -0.15) is 11.8 Å². The van der Waals surface area contributed by atoms with Gasteiger partial charge in [0.25, 0.3) is 0 Å². The van der Waals surface area contributed by atoms with Crippen LogP contribution in [0.25, 0.3) is 0 Å². The minimum absolute atomic E-state index is 0.0279. The first kappa shape index (κ1) is 16.9. The van der Waals surface area contributed by atoms with Gasteiger partial charge in [0.1, 0.15) is 0 Å². The van der Waals surface area contributed by atoms with Crippen molar-refractivity contribution in [2.24, 2.45) is 0 Å². The van der Waals surface area contributed by atoms with Crippen LogP contribution in [0.2, 0.25) is 0 Å². The maximum absolute atomic E-state index is 12.1. The van der Waals surface area contributed by atoms with Crippen LogP contribution < -0.4 is 21.3 Å². The number of hydrogen-bond acceptors (Lipinski definition) is 4. The van der Waals surface area contributed by atoms with Gasteiger partial charge in [0.05, 0.1) is 12.1 Å². The van der Waals surface area contributed by atoms with Gasteiger partial charge in [0.15, 0.2) is 0 Å². The number of amides is 3. The summed E-state index contributed by atoms with van der Waals surface area (Å²) in [6.45, 7) is 3.20. The SMILES string of the molecule is CC1NCCCC1NC(=O)CCCCC1SCC2NC(=O)NC21. The van der Waals surface area contributed by atoms with Gasteiger partial charge in [-0.05, 0) is 39.2 Å². The first-order valence-corrected chi connectivity index (χ1v) is 9.90. The van der Waals surface area contributed by atoms with Gasteiger partial charge in [-0.1, -0.05) is 6.42 Å². The van der Waals surface area contributed by atoms with Crippen molar-refractivity contribution in [3.05, 3.63) is 0 Å². The van der Waals surface area contributed by atoms with Gasteiger partial charge >= 0.3 is 6.03 Å². The molecule has 0 aromatic carbocycles. The Bertz CT molecular complexity index is 448. The van der Waals surface area contributed by atoms with Crippen molar-refractivity contribution in [3.8, 4) is 0 Å². The number of hydrogen-bond donors (Lipinski definition) is 4. The fourth-order valence-corrected chi connectivity index (χ4v) is 5.34. The third-order valence-corrected chi connectivity index (χ3v) is 6.70. The molecule has 5 unspecified atom stereocenters. The highest BCUT2D eigenvalue weighted by Gasteiger charge is 2.42. The Morgan fingerprint density at radius 3 is 3.04 bits per heavy atom. The number of carbonyl (C=O) groups excluding carboxylic acids is 2. The Kier molecular flexibility index (Phi) is 5.69. The molecule has 4 N–H and O–H groups in total. The van der Waals surface area contributed by atoms with E-state index in [1.807, 2.05) is 11.8 Å². The molecule has 3 aliphatic rings. The highest BCUT2D eigenvalue weighted by Crippen LogP contribution is 2.33. The van der Waals surface area contributed by atoms with Crippen LogP contribution in [0.5, 0.6) is 0 Å². The van der Waals surface area contributed by atoms with E-state index < -0.39 is 0 Å². The minimum atomic E-state index is -0.0279. The van der Waals surface area contributed by atoms with Crippen LogP contribution in [0.3, 0.4) is 0 Å². The number of piperidine rings is 1. The monoisotopic (exact) mass is 340 g/mol. The molecule has 7 heteroatoms. The van der Waals surface area contributed by atoms with Crippen LogP contribution in [0.4, 0.5) is 4.79 Å². The second kappa shape index (κ2) is 7.75. The van der Waals surface area contributed by atoms with Crippen molar-refractivity contribution in [2.75, 3.05) is 12.3 Å². The third-order valence-electron chi connectivity index (χ3n) is 5.19. The first-order valence-electron chi connectivity index (χ1n) is 8.85. The molecule has 3 heterocycles. The lowest BCUT2D eigenvalue weighted by atomic mass is 9.99. The number of rotatable bonds is 6. The van der Waals surface area contributed by atoms with Crippen molar-refractivity contribution in [3.63, 3.8) is 0 Å². The molecule has 0 aromatic heterocycles. The van der Waals surface area contributed by atoms with Crippen molar-refractivity contribution >= 4 is 23.7 Å². The average Bonchev–Trinajstić information content (AvgIpc) is 3.06. The summed E-state index contributed by atoms with van der Waals surface area (Å²) in [5, 5.41) is 13.0. The summed E-state index contributed by atoms with van der Waals surface area (Å²) in [5.41, 5.74) is 0. The highest BCUT2D eigenvalue weighted by atomic mass is 32.2. The number of carbonyl (C=O) groups is 2. The smallest absolute Gasteiger partial charge is 0.315 e. The van der Waals surface area contributed by atoms with E-state index in [4.69, 9.17) is 0 Å². The van der Waals surface area contributed by atoms with Crippen LogP contribution in [-0.2, 0) is 4.79 Å². The van der Waals surface area contributed by atoms with Crippen molar-refractivity contribution in [1.29, 1.82) is 0 Å². The summed E-state index contributed by atoms with van der Waals surface area (Å²) in [7, 11) is 0. The van der Waals surface area contributed by atoms with Crippen LogP contribution >= 0.6 is 11.8 Å². The predicted molar refractivity (Wildman–Crippen MR) is 92.6 cm³/mol. The van der Waals surface area contributed by atoms with Crippen molar-refractivity contribution in [1.82, 2.24) is 21.3 Å². The topological polar surface area (TPSA) is 82.3 Å². The number of nitrogens with one attached hydrogen (secondary N) is 4. The molecule has 23 heavy (non-hydrogen) atoms. The Labute approximate surface area is 142 Å². The molecule has 130 valence electrons. The molecule has 3 fully saturated rings. The molecule has 6 nitrogen and oxygen atoms in total. The Hall–Kier alpha value is -0.950. The lowest BCUT2D eigenvalue weighted by molar-refractivity contribution is -0.122. The normalized spacial score (nSPS) is 36.2. The van der Waals surface area contributed by atoms with E-state index in [9.17, 15) is 9.59 Å². The van der Waals surface area contributed by atoms with Gasteiger partial charge in [-0.3, -0.25) is 4.79 Å². The number of fused-ring (bicyclic) bond motifs is 1. The van der Waals surface area contributed by atoms with E-state index in [1.165, 1.54) is 0 Å². The van der Waals surface area contributed by atoms with Gasteiger partial charge in [0.2, 0.25) is 5.91 Å². The van der Waals surface area contributed by atoms with Gasteiger partial charge in [-0.15, -0.1) is 0 Å². The quantitative estimate of drug-likeness (QED) is 0.429. The summed E-state index contributed by atoms with van der Waals surface area (Å²) in [6, 6.07) is 1.19. The fraction of sp³-hybridized carbons (Fsp3) is 0.875. The Balaban J connectivity index is 1.30. The molecule has 0 bridgehead atoms. The first-order chi connectivity index (χ1) is 11.1. The molecule has 3 rings (SSSR count). The molecule has 0 saturated carbocycles. The number of unbranched alkanes of at least 4 members (excludes halogenated alkanes) is 1. The van der Waals surface area contributed by atoms with Crippen LogP contribution in [0.15, 0.2) is 0 Å². The van der Waals surface area contributed by atoms with E-state index in [-0.39, 0.29) is 24.0 Å². The standard InChI is InChI=1S/C16H28N4O2S/c1-10-11(5-4-8-17-10)18-14(21)7-3-2-6-13-15-12(9-23-13)19-16(22)20-15/h10-13,15,17H,2-9H2,1H3,(H,18,21)(H2,19,20,22). The van der Waals surface area contributed by atoms with Gasteiger partial charge in [-0.25, -0.2) is 4.79 Å². The van der Waals surface area contributed by atoms with Crippen LogP contribution in [-0.4, -0.2) is 53.7 Å². The molecular formula is C16H28N4O2S. The van der Waals surface area contributed by atoms with E-state index in [0.717, 1.165) is 44.4 Å². The zero-order chi connectivity index (χ0) is 16.2. The Morgan fingerprint density at radius 1 is 1.35 bits per heavy atom.